The van der Waals surface area contributed by atoms with Crippen LogP contribution in [0.1, 0.15) is 33.6 Å². The molecule has 0 radical (unpaired) electrons. The van der Waals surface area contributed by atoms with Crippen molar-refractivity contribution in [3.8, 4) is 0 Å². The molecular weight excluding hydrogens is 178 g/mol. The first-order valence-electron chi connectivity index (χ1n) is 5.39. The third-order valence-corrected chi connectivity index (χ3v) is 2.79. The van der Waals surface area contributed by atoms with Crippen molar-refractivity contribution < 1.29 is 9.47 Å². The van der Waals surface area contributed by atoms with Gasteiger partial charge in [-0.3, -0.25) is 0 Å². The van der Waals surface area contributed by atoms with Gasteiger partial charge in [0.1, 0.15) is 0 Å². The lowest BCUT2D eigenvalue weighted by molar-refractivity contribution is -0.0191. The summed E-state index contributed by atoms with van der Waals surface area (Å²) in [4.78, 5) is 0. The van der Waals surface area contributed by atoms with E-state index in [2.05, 4.69) is 20.8 Å². The summed E-state index contributed by atoms with van der Waals surface area (Å²) in [5.41, 5.74) is 5.92. The van der Waals surface area contributed by atoms with E-state index in [0.717, 1.165) is 32.7 Å². The van der Waals surface area contributed by atoms with Gasteiger partial charge in [0.05, 0.1) is 12.2 Å². The zero-order valence-corrected chi connectivity index (χ0v) is 9.64. The lowest BCUT2D eigenvalue weighted by Gasteiger charge is -2.27. The van der Waals surface area contributed by atoms with Gasteiger partial charge in [-0.25, -0.2) is 0 Å². The quantitative estimate of drug-likeness (QED) is 0.750. The predicted octanol–water partition coefficient (Wildman–Crippen LogP) is 1.56. The number of hydrogen-bond donors (Lipinski definition) is 1. The highest BCUT2D eigenvalue weighted by molar-refractivity contribution is 4.84. The van der Waals surface area contributed by atoms with Crippen molar-refractivity contribution in [2.75, 3.05) is 26.4 Å². The molecule has 0 aromatic rings. The van der Waals surface area contributed by atoms with Crippen LogP contribution in [0.25, 0.3) is 0 Å². The molecule has 1 aliphatic rings. The molecule has 0 bridgehead atoms. The minimum Gasteiger partial charge on any atom is -0.381 e. The summed E-state index contributed by atoms with van der Waals surface area (Å²) in [5.74, 6) is 0. The molecule has 1 unspecified atom stereocenters. The number of ether oxygens (including phenoxy) is 2. The third-order valence-electron chi connectivity index (χ3n) is 2.79. The number of hydrogen-bond acceptors (Lipinski definition) is 3. The molecule has 0 aromatic carbocycles. The Balaban J connectivity index is 2.28. The molecule has 0 aromatic heterocycles. The van der Waals surface area contributed by atoms with Crippen LogP contribution in [0.15, 0.2) is 0 Å². The summed E-state index contributed by atoms with van der Waals surface area (Å²) in [7, 11) is 0. The van der Waals surface area contributed by atoms with Gasteiger partial charge in [0.15, 0.2) is 0 Å². The molecule has 3 nitrogen and oxygen atoms in total. The van der Waals surface area contributed by atoms with Crippen LogP contribution in [-0.4, -0.2) is 32.0 Å². The summed E-state index contributed by atoms with van der Waals surface area (Å²) < 4.78 is 11.1. The van der Waals surface area contributed by atoms with E-state index in [9.17, 15) is 0 Å². The second-order valence-electron chi connectivity index (χ2n) is 5.22. The van der Waals surface area contributed by atoms with Gasteiger partial charge in [-0.05, 0) is 33.6 Å². The Morgan fingerprint density at radius 2 is 2.14 bits per heavy atom. The first kappa shape index (κ1) is 12.0. The fraction of sp³-hybridized carbons (Fsp3) is 1.00. The minimum atomic E-state index is -0.0464. The average molecular weight is 201 g/mol. The van der Waals surface area contributed by atoms with Crippen LogP contribution >= 0.6 is 0 Å². The highest BCUT2D eigenvalue weighted by Crippen LogP contribution is 2.31. The Hall–Kier alpha value is -0.120. The number of nitrogens with two attached hydrogens (primary N) is 1. The second-order valence-corrected chi connectivity index (χ2v) is 5.22. The summed E-state index contributed by atoms with van der Waals surface area (Å²) in [6.45, 7) is 9.38. The molecular formula is C11H23NO2. The fourth-order valence-corrected chi connectivity index (χ4v) is 1.68. The average Bonchev–Trinajstić information content (AvgIpc) is 2.52. The monoisotopic (exact) mass is 201 g/mol. The van der Waals surface area contributed by atoms with Crippen LogP contribution in [0.2, 0.25) is 0 Å². The first-order valence-corrected chi connectivity index (χ1v) is 5.39. The van der Waals surface area contributed by atoms with Gasteiger partial charge in [0, 0.05) is 25.2 Å². The molecule has 1 rings (SSSR count). The standard InChI is InChI=1S/C11H23NO2/c1-10(2,3)14-7-5-11(8-12)4-6-13-9-11/h4-9,12H2,1-3H3. The van der Waals surface area contributed by atoms with E-state index in [1.807, 2.05) is 0 Å². The van der Waals surface area contributed by atoms with Crippen molar-refractivity contribution in [3.05, 3.63) is 0 Å². The van der Waals surface area contributed by atoms with Crippen LogP contribution in [0.5, 0.6) is 0 Å². The van der Waals surface area contributed by atoms with Crippen LogP contribution in [0.3, 0.4) is 0 Å². The molecule has 0 saturated carbocycles. The largest absolute Gasteiger partial charge is 0.381 e. The first-order chi connectivity index (χ1) is 6.47. The Labute approximate surface area is 86.9 Å². The van der Waals surface area contributed by atoms with Gasteiger partial charge in [-0.1, -0.05) is 0 Å². The Kier molecular flexibility index (Phi) is 3.93. The lowest BCUT2D eigenvalue weighted by atomic mass is 9.84. The van der Waals surface area contributed by atoms with E-state index < -0.39 is 0 Å². The Morgan fingerprint density at radius 3 is 2.57 bits per heavy atom. The molecule has 1 atom stereocenters. The molecule has 0 spiro atoms. The lowest BCUT2D eigenvalue weighted by Crippen LogP contribution is -2.33. The molecule has 3 heteroatoms. The van der Waals surface area contributed by atoms with E-state index in [1.165, 1.54) is 0 Å². The van der Waals surface area contributed by atoms with Gasteiger partial charge in [-0.2, -0.15) is 0 Å². The second kappa shape index (κ2) is 4.60. The molecule has 2 N–H and O–H groups in total. The van der Waals surface area contributed by atoms with Crippen molar-refractivity contribution in [1.82, 2.24) is 0 Å². The molecule has 1 saturated heterocycles. The normalized spacial score (nSPS) is 28.3. The highest BCUT2D eigenvalue weighted by Gasteiger charge is 2.33. The van der Waals surface area contributed by atoms with Crippen molar-refractivity contribution in [2.24, 2.45) is 11.1 Å². The van der Waals surface area contributed by atoms with Gasteiger partial charge >= 0.3 is 0 Å². The SMILES string of the molecule is CC(C)(C)OCCC1(CN)CCOC1. The third kappa shape index (κ3) is 3.56. The van der Waals surface area contributed by atoms with Crippen molar-refractivity contribution in [2.45, 2.75) is 39.2 Å². The Morgan fingerprint density at radius 1 is 1.43 bits per heavy atom. The van der Waals surface area contributed by atoms with Crippen LogP contribution in [0.4, 0.5) is 0 Å². The molecule has 0 aliphatic carbocycles. The molecule has 14 heavy (non-hydrogen) atoms. The summed E-state index contributed by atoms with van der Waals surface area (Å²) >= 11 is 0. The summed E-state index contributed by atoms with van der Waals surface area (Å²) in [6, 6.07) is 0. The van der Waals surface area contributed by atoms with Crippen LogP contribution in [-0.2, 0) is 9.47 Å². The zero-order valence-electron chi connectivity index (χ0n) is 9.64. The van der Waals surface area contributed by atoms with Gasteiger partial charge in [-0.15, -0.1) is 0 Å². The van der Waals surface area contributed by atoms with Gasteiger partial charge in [0.25, 0.3) is 0 Å². The van der Waals surface area contributed by atoms with Crippen LogP contribution < -0.4 is 5.73 Å². The van der Waals surface area contributed by atoms with E-state index in [-0.39, 0.29) is 11.0 Å². The van der Waals surface area contributed by atoms with E-state index in [1.54, 1.807) is 0 Å². The van der Waals surface area contributed by atoms with E-state index >= 15 is 0 Å². The molecule has 0 amide bonds. The highest BCUT2D eigenvalue weighted by atomic mass is 16.5. The minimum absolute atomic E-state index is 0.0464. The molecule has 1 fully saturated rings. The van der Waals surface area contributed by atoms with Gasteiger partial charge in [0.2, 0.25) is 0 Å². The predicted molar refractivity (Wildman–Crippen MR) is 57.2 cm³/mol. The maximum atomic E-state index is 5.78. The van der Waals surface area contributed by atoms with Gasteiger partial charge < -0.3 is 15.2 Å². The summed E-state index contributed by atoms with van der Waals surface area (Å²) in [6.07, 6.45) is 2.10. The molecule has 1 heterocycles. The van der Waals surface area contributed by atoms with Crippen LogP contribution in [0, 0.1) is 5.41 Å². The fourth-order valence-electron chi connectivity index (χ4n) is 1.68. The maximum absolute atomic E-state index is 5.78. The number of rotatable bonds is 4. The molecule has 1 aliphatic heterocycles. The smallest absolute Gasteiger partial charge is 0.0598 e. The van der Waals surface area contributed by atoms with E-state index in [0.29, 0.717) is 6.54 Å². The Bertz CT molecular complexity index is 169. The van der Waals surface area contributed by atoms with E-state index in [4.69, 9.17) is 15.2 Å². The van der Waals surface area contributed by atoms with Crippen molar-refractivity contribution in [1.29, 1.82) is 0 Å². The maximum Gasteiger partial charge on any atom is 0.0598 e. The topological polar surface area (TPSA) is 44.5 Å². The van der Waals surface area contributed by atoms with Crippen molar-refractivity contribution >= 4 is 0 Å². The van der Waals surface area contributed by atoms with Crippen molar-refractivity contribution in [3.63, 3.8) is 0 Å². The zero-order chi connectivity index (χ0) is 10.7. The molecule has 84 valence electrons. The summed E-state index contributed by atoms with van der Waals surface area (Å²) in [5, 5.41) is 0.